The van der Waals surface area contributed by atoms with E-state index in [9.17, 15) is 13.2 Å². The Bertz CT molecular complexity index is 278. The highest BCUT2D eigenvalue weighted by Gasteiger charge is 2.50. The van der Waals surface area contributed by atoms with E-state index in [0.717, 1.165) is 6.26 Å². The zero-order valence-electron chi connectivity index (χ0n) is 6.12. The fraction of sp³-hybridized carbons (Fsp3) is 0.800. The number of carbonyl (C=O) groups is 1. The Hall–Kier alpha value is -0.620. The number of hydrogen-bond acceptors (Lipinski definition) is 3. The van der Waals surface area contributed by atoms with E-state index in [-0.39, 0.29) is 0 Å². The lowest BCUT2D eigenvalue weighted by Crippen LogP contribution is -2.46. The minimum atomic E-state index is -3.32. The first-order chi connectivity index (χ1) is 4.86. The van der Waals surface area contributed by atoms with Crippen LogP contribution in [0, 0.1) is 0 Å². The minimum Gasteiger partial charge on any atom is -0.368 e. The van der Waals surface area contributed by atoms with Crippen LogP contribution in [0.2, 0.25) is 0 Å². The maximum atomic E-state index is 10.7. The third-order valence-electron chi connectivity index (χ3n) is 1.60. The van der Waals surface area contributed by atoms with E-state index in [4.69, 9.17) is 5.73 Å². The molecule has 1 amide bonds. The fourth-order valence-corrected chi connectivity index (χ4v) is 1.89. The van der Waals surface area contributed by atoms with Crippen molar-refractivity contribution in [2.75, 3.05) is 6.26 Å². The highest BCUT2D eigenvalue weighted by molar-refractivity contribution is 7.88. The molecule has 0 spiro atoms. The topological polar surface area (TPSA) is 89.3 Å². The summed E-state index contributed by atoms with van der Waals surface area (Å²) < 4.78 is 23.5. The molecule has 5 nitrogen and oxygen atoms in total. The second-order valence-electron chi connectivity index (χ2n) is 2.82. The van der Waals surface area contributed by atoms with Crippen LogP contribution in [-0.2, 0) is 14.8 Å². The van der Waals surface area contributed by atoms with Gasteiger partial charge in [0.15, 0.2) is 0 Å². The van der Waals surface area contributed by atoms with Crippen LogP contribution in [0.4, 0.5) is 0 Å². The smallest absolute Gasteiger partial charge is 0.238 e. The third-order valence-corrected chi connectivity index (χ3v) is 2.36. The molecule has 1 fully saturated rings. The molecule has 0 bridgehead atoms. The van der Waals surface area contributed by atoms with Crippen molar-refractivity contribution in [1.82, 2.24) is 4.72 Å². The first-order valence-electron chi connectivity index (χ1n) is 3.15. The molecule has 1 rings (SSSR count). The lowest BCUT2D eigenvalue weighted by Gasteiger charge is -2.10. The molecule has 0 aliphatic heterocycles. The Kier molecular flexibility index (Phi) is 1.68. The van der Waals surface area contributed by atoms with Gasteiger partial charge in [-0.3, -0.25) is 4.79 Å². The number of hydrogen-bond donors (Lipinski definition) is 2. The highest BCUT2D eigenvalue weighted by atomic mass is 32.2. The largest absolute Gasteiger partial charge is 0.368 e. The second kappa shape index (κ2) is 2.18. The number of rotatable bonds is 3. The van der Waals surface area contributed by atoms with Crippen LogP contribution in [0.5, 0.6) is 0 Å². The van der Waals surface area contributed by atoms with Crippen molar-refractivity contribution in [2.24, 2.45) is 5.73 Å². The van der Waals surface area contributed by atoms with E-state index in [1.807, 2.05) is 0 Å². The Morgan fingerprint density at radius 3 is 2.09 bits per heavy atom. The second-order valence-corrected chi connectivity index (χ2v) is 4.57. The zero-order chi connectivity index (χ0) is 8.70. The van der Waals surface area contributed by atoms with Crippen LogP contribution in [0.3, 0.4) is 0 Å². The lowest BCUT2D eigenvalue weighted by molar-refractivity contribution is -0.120. The van der Waals surface area contributed by atoms with Crippen molar-refractivity contribution in [3.63, 3.8) is 0 Å². The van der Waals surface area contributed by atoms with E-state index in [2.05, 4.69) is 4.72 Å². The molecule has 1 aliphatic carbocycles. The Balaban J connectivity index is 2.70. The molecule has 11 heavy (non-hydrogen) atoms. The molecule has 1 saturated carbocycles. The summed E-state index contributed by atoms with van der Waals surface area (Å²) in [5, 5.41) is 0. The quantitative estimate of drug-likeness (QED) is 0.554. The van der Waals surface area contributed by atoms with E-state index in [1.54, 1.807) is 0 Å². The van der Waals surface area contributed by atoms with Gasteiger partial charge in [0.2, 0.25) is 15.9 Å². The molecule has 6 heteroatoms. The summed E-state index contributed by atoms with van der Waals surface area (Å²) in [6, 6.07) is 0. The predicted octanol–water partition coefficient (Wildman–Crippen LogP) is -1.45. The standard InChI is InChI=1S/C5H10N2O3S/c1-11(9,10)7-5(2-3-5)4(6)8/h7H,2-3H2,1H3,(H2,6,8). The van der Waals surface area contributed by atoms with Gasteiger partial charge in [0, 0.05) is 0 Å². The summed E-state index contributed by atoms with van der Waals surface area (Å²) >= 11 is 0. The molecule has 0 heterocycles. The summed E-state index contributed by atoms with van der Waals surface area (Å²) in [5.41, 5.74) is 4.01. The molecule has 0 unspecified atom stereocenters. The molecule has 0 aromatic carbocycles. The van der Waals surface area contributed by atoms with Crippen LogP contribution in [0.25, 0.3) is 0 Å². The maximum Gasteiger partial charge on any atom is 0.238 e. The molecule has 0 aromatic heterocycles. The number of carbonyl (C=O) groups excluding carboxylic acids is 1. The van der Waals surface area contributed by atoms with Gasteiger partial charge in [0.05, 0.1) is 6.26 Å². The number of sulfonamides is 1. The molecule has 1 aliphatic rings. The number of amides is 1. The van der Waals surface area contributed by atoms with Crippen molar-refractivity contribution in [3.05, 3.63) is 0 Å². The molecule has 0 aromatic rings. The molecule has 64 valence electrons. The number of nitrogens with two attached hydrogens (primary N) is 1. The van der Waals surface area contributed by atoms with Gasteiger partial charge in [-0.15, -0.1) is 0 Å². The average Bonchev–Trinajstić information content (AvgIpc) is 2.43. The van der Waals surface area contributed by atoms with Gasteiger partial charge in [-0.1, -0.05) is 0 Å². The van der Waals surface area contributed by atoms with E-state index in [0.29, 0.717) is 12.8 Å². The van der Waals surface area contributed by atoms with Gasteiger partial charge < -0.3 is 5.73 Å². The number of primary amides is 1. The van der Waals surface area contributed by atoms with Crippen molar-refractivity contribution >= 4 is 15.9 Å². The van der Waals surface area contributed by atoms with Crippen molar-refractivity contribution in [3.8, 4) is 0 Å². The maximum absolute atomic E-state index is 10.7. The van der Waals surface area contributed by atoms with Crippen molar-refractivity contribution < 1.29 is 13.2 Å². The van der Waals surface area contributed by atoms with E-state index >= 15 is 0 Å². The van der Waals surface area contributed by atoms with Crippen LogP contribution < -0.4 is 10.5 Å². The summed E-state index contributed by atoms with van der Waals surface area (Å²) in [4.78, 5) is 10.7. The first-order valence-corrected chi connectivity index (χ1v) is 5.04. The zero-order valence-corrected chi connectivity index (χ0v) is 6.94. The minimum absolute atomic E-state index is 0.509. The molecule has 0 atom stereocenters. The number of nitrogens with one attached hydrogen (secondary N) is 1. The fourth-order valence-electron chi connectivity index (χ4n) is 0.879. The first kappa shape index (κ1) is 8.48. The van der Waals surface area contributed by atoms with Gasteiger partial charge in [-0.25, -0.2) is 8.42 Å². The van der Waals surface area contributed by atoms with E-state index in [1.165, 1.54) is 0 Å². The molecule has 3 N–H and O–H groups in total. The van der Waals surface area contributed by atoms with Gasteiger partial charge in [0.25, 0.3) is 0 Å². The summed E-state index contributed by atoms with van der Waals surface area (Å²) in [6.45, 7) is 0. The van der Waals surface area contributed by atoms with Crippen molar-refractivity contribution in [1.29, 1.82) is 0 Å². The Morgan fingerprint density at radius 1 is 1.55 bits per heavy atom. The van der Waals surface area contributed by atoms with Gasteiger partial charge in [-0.2, -0.15) is 4.72 Å². The molecular weight excluding hydrogens is 168 g/mol. The Morgan fingerprint density at radius 2 is 2.00 bits per heavy atom. The average molecular weight is 178 g/mol. The summed E-state index contributed by atoms with van der Waals surface area (Å²) in [6.07, 6.45) is 2.03. The van der Waals surface area contributed by atoms with Crippen LogP contribution in [0.1, 0.15) is 12.8 Å². The highest BCUT2D eigenvalue weighted by Crippen LogP contribution is 2.35. The summed E-state index contributed by atoms with van der Waals surface area (Å²) in [5.74, 6) is -0.595. The SMILES string of the molecule is CS(=O)(=O)NC1(C(N)=O)CC1. The molecular formula is C5H10N2O3S. The predicted molar refractivity (Wildman–Crippen MR) is 39.1 cm³/mol. The summed E-state index contributed by atoms with van der Waals surface area (Å²) in [7, 11) is -3.32. The van der Waals surface area contributed by atoms with Gasteiger partial charge in [-0.05, 0) is 12.8 Å². The van der Waals surface area contributed by atoms with E-state index < -0.39 is 21.5 Å². The normalized spacial score (nSPS) is 21.2. The van der Waals surface area contributed by atoms with Crippen LogP contribution in [0.15, 0.2) is 0 Å². The van der Waals surface area contributed by atoms with Crippen LogP contribution in [-0.4, -0.2) is 26.1 Å². The Labute approximate surface area is 65.0 Å². The molecule has 0 radical (unpaired) electrons. The van der Waals surface area contributed by atoms with Crippen molar-refractivity contribution in [2.45, 2.75) is 18.4 Å². The lowest BCUT2D eigenvalue weighted by atomic mass is 10.3. The van der Waals surface area contributed by atoms with Gasteiger partial charge >= 0.3 is 0 Å². The monoisotopic (exact) mass is 178 g/mol. The van der Waals surface area contributed by atoms with Crippen LogP contribution >= 0.6 is 0 Å². The van der Waals surface area contributed by atoms with Gasteiger partial charge in [0.1, 0.15) is 5.54 Å². The molecule has 0 saturated heterocycles. The third kappa shape index (κ3) is 1.90.